The molecule has 2 fully saturated rings. The summed E-state index contributed by atoms with van der Waals surface area (Å²) in [4.78, 5) is 0. The summed E-state index contributed by atoms with van der Waals surface area (Å²) in [7, 11) is 3.28. The van der Waals surface area contributed by atoms with Gasteiger partial charge in [-0.1, -0.05) is 0 Å². The Morgan fingerprint density at radius 1 is 1.18 bits per heavy atom. The van der Waals surface area contributed by atoms with Gasteiger partial charge in [-0.2, -0.15) is 0 Å². The average molecular weight is 160 g/mol. The lowest BCUT2D eigenvalue weighted by molar-refractivity contribution is -0.168. The molecule has 4 unspecified atom stereocenters. The van der Waals surface area contributed by atoms with Crippen LogP contribution in [0.25, 0.3) is 0 Å². The number of ether oxygens (including phenoxy) is 4. The lowest BCUT2D eigenvalue weighted by Crippen LogP contribution is -2.24. The molecule has 0 aromatic heterocycles. The molecule has 2 saturated heterocycles. The van der Waals surface area contributed by atoms with E-state index in [4.69, 9.17) is 18.9 Å². The van der Waals surface area contributed by atoms with Crippen molar-refractivity contribution in [3.63, 3.8) is 0 Å². The second-order valence-corrected chi connectivity index (χ2v) is 2.80. The fraction of sp³-hybridized carbons (Fsp3) is 1.00. The highest BCUT2D eigenvalue weighted by molar-refractivity contribution is 4.99. The topological polar surface area (TPSA) is 40.2 Å². The van der Waals surface area contributed by atoms with Gasteiger partial charge < -0.3 is 18.9 Å². The maximum absolute atomic E-state index is 5.44. The van der Waals surface area contributed by atoms with Crippen molar-refractivity contribution >= 4 is 0 Å². The molecule has 4 nitrogen and oxygen atoms in total. The summed E-state index contributed by atoms with van der Waals surface area (Å²) in [6.45, 7) is 0.584. The van der Waals surface area contributed by atoms with Crippen LogP contribution in [-0.4, -0.2) is 45.4 Å². The van der Waals surface area contributed by atoms with Gasteiger partial charge in [0, 0.05) is 14.2 Å². The fourth-order valence-electron chi connectivity index (χ4n) is 1.47. The smallest absolute Gasteiger partial charge is 0.186 e. The monoisotopic (exact) mass is 160 g/mol. The zero-order valence-corrected chi connectivity index (χ0v) is 6.65. The highest BCUT2D eigenvalue weighted by atomic mass is 16.8. The standard InChI is InChI=1S/C7H12O4/c1-8-3-4-5-6(11-5)7(9-2)10-4/h4-7H,3H2,1-2H3. The second kappa shape index (κ2) is 2.71. The lowest BCUT2D eigenvalue weighted by Gasteiger charge is -2.14. The molecular weight excluding hydrogens is 148 g/mol. The van der Waals surface area contributed by atoms with Gasteiger partial charge in [0.25, 0.3) is 0 Å². The van der Waals surface area contributed by atoms with Crippen LogP contribution >= 0.6 is 0 Å². The van der Waals surface area contributed by atoms with Crippen LogP contribution in [0.1, 0.15) is 0 Å². The number of hydrogen-bond acceptors (Lipinski definition) is 4. The molecule has 0 spiro atoms. The lowest BCUT2D eigenvalue weighted by atomic mass is 10.2. The third-order valence-electron chi connectivity index (χ3n) is 2.07. The predicted octanol–water partition coefficient (Wildman–Crippen LogP) is -0.229. The van der Waals surface area contributed by atoms with Crippen LogP contribution in [0, 0.1) is 0 Å². The first-order valence-electron chi connectivity index (χ1n) is 3.69. The summed E-state index contributed by atoms with van der Waals surface area (Å²) >= 11 is 0. The molecule has 2 aliphatic rings. The molecule has 2 rings (SSSR count). The molecule has 64 valence electrons. The Kier molecular flexibility index (Phi) is 1.85. The molecule has 0 aromatic carbocycles. The van der Waals surface area contributed by atoms with Crippen molar-refractivity contribution in [2.45, 2.75) is 24.6 Å². The Hall–Kier alpha value is -0.160. The highest BCUT2D eigenvalue weighted by Crippen LogP contribution is 2.39. The Morgan fingerprint density at radius 2 is 2.00 bits per heavy atom. The summed E-state index contributed by atoms with van der Waals surface area (Å²) in [5.74, 6) is 0. The van der Waals surface area contributed by atoms with Crippen molar-refractivity contribution in [2.75, 3.05) is 20.8 Å². The first kappa shape index (κ1) is 7.49. The second-order valence-electron chi connectivity index (χ2n) is 2.80. The largest absolute Gasteiger partial charge is 0.382 e. The van der Waals surface area contributed by atoms with Crippen LogP contribution in [0.15, 0.2) is 0 Å². The first-order chi connectivity index (χ1) is 5.36. The van der Waals surface area contributed by atoms with E-state index in [-0.39, 0.29) is 24.6 Å². The Morgan fingerprint density at radius 3 is 2.55 bits per heavy atom. The molecule has 0 bridgehead atoms. The normalized spacial score (nSPS) is 47.5. The molecule has 4 heteroatoms. The summed E-state index contributed by atoms with van der Waals surface area (Å²) in [6.07, 6.45) is 0.246. The van der Waals surface area contributed by atoms with Gasteiger partial charge in [0.2, 0.25) is 0 Å². The number of methoxy groups -OCH3 is 2. The van der Waals surface area contributed by atoms with Crippen molar-refractivity contribution in [3.8, 4) is 0 Å². The van der Waals surface area contributed by atoms with Crippen LogP contribution in [0.4, 0.5) is 0 Å². The molecule has 0 radical (unpaired) electrons. The molecule has 0 amide bonds. The average Bonchev–Trinajstić information content (AvgIpc) is 2.72. The maximum atomic E-state index is 5.44. The van der Waals surface area contributed by atoms with E-state index < -0.39 is 0 Å². The van der Waals surface area contributed by atoms with Gasteiger partial charge in [0.15, 0.2) is 6.29 Å². The highest BCUT2D eigenvalue weighted by Gasteiger charge is 2.58. The van der Waals surface area contributed by atoms with Gasteiger partial charge in [-0.05, 0) is 0 Å². The van der Waals surface area contributed by atoms with Crippen LogP contribution in [0.2, 0.25) is 0 Å². The Labute approximate surface area is 65.4 Å². The van der Waals surface area contributed by atoms with Gasteiger partial charge in [0.05, 0.1) is 6.61 Å². The Balaban J connectivity index is 1.87. The molecule has 11 heavy (non-hydrogen) atoms. The molecule has 0 aliphatic carbocycles. The molecular formula is C7H12O4. The molecule has 2 aliphatic heterocycles. The summed E-state index contributed by atoms with van der Waals surface area (Å²) in [6, 6.07) is 0. The van der Waals surface area contributed by atoms with E-state index in [1.54, 1.807) is 14.2 Å². The van der Waals surface area contributed by atoms with Crippen LogP contribution in [0.3, 0.4) is 0 Å². The predicted molar refractivity (Wildman–Crippen MR) is 36.2 cm³/mol. The molecule has 0 aromatic rings. The van der Waals surface area contributed by atoms with E-state index >= 15 is 0 Å². The van der Waals surface area contributed by atoms with E-state index in [0.717, 1.165) is 0 Å². The summed E-state index contributed by atoms with van der Waals surface area (Å²) < 4.78 is 20.7. The van der Waals surface area contributed by atoms with Gasteiger partial charge in [-0.3, -0.25) is 0 Å². The first-order valence-corrected chi connectivity index (χ1v) is 3.69. The molecule has 4 atom stereocenters. The van der Waals surface area contributed by atoms with Gasteiger partial charge in [0.1, 0.15) is 18.3 Å². The van der Waals surface area contributed by atoms with Crippen molar-refractivity contribution in [1.82, 2.24) is 0 Å². The van der Waals surface area contributed by atoms with Crippen molar-refractivity contribution in [2.24, 2.45) is 0 Å². The molecule has 0 N–H and O–H groups in total. The minimum Gasteiger partial charge on any atom is -0.382 e. The zero-order valence-electron chi connectivity index (χ0n) is 6.65. The molecule has 2 heterocycles. The maximum Gasteiger partial charge on any atom is 0.186 e. The van der Waals surface area contributed by atoms with E-state index in [1.807, 2.05) is 0 Å². The third-order valence-corrected chi connectivity index (χ3v) is 2.07. The minimum atomic E-state index is -0.180. The SMILES string of the molecule is COCC1OC(OC)C2OC12. The van der Waals surface area contributed by atoms with Crippen LogP contribution < -0.4 is 0 Å². The third kappa shape index (κ3) is 1.16. The zero-order chi connectivity index (χ0) is 7.84. The van der Waals surface area contributed by atoms with E-state index in [2.05, 4.69) is 0 Å². The van der Waals surface area contributed by atoms with Gasteiger partial charge >= 0.3 is 0 Å². The van der Waals surface area contributed by atoms with Crippen molar-refractivity contribution in [3.05, 3.63) is 0 Å². The van der Waals surface area contributed by atoms with E-state index in [9.17, 15) is 0 Å². The van der Waals surface area contributed by atoms with Crippen LogP contribution in [-0.2, 0) is 18.9 Å². The number of hydrogen-bond donors (Lipinski definition) is 0. The number of epoxide rings is 1. The Bertz CT molecular complexity index is 149. The summed E-state index contributed by atoms with van der Waals surface area (Å²) in [5.41, 5.74) is 0. The molecule has 0 saturated carbocycles. The summed E-state index contributed by atoms with van der Waals surface area (Å²) in [5, 5.41) is 0. The van der Waals surface area contributed by atoms with E-state index in [0.29, 0.717) is 6.61 Å². The number of rotatable bonds is 3. The van der Waals surface area contributed by atoms with Gasteiger partial charge in [-0.15, -0.1) is 0 Å². The van der Waals surface area contributed by atoms with Gasteiger partial charge in [-0.25, -0.2) is 0 Å². The van der Waals surface area contributed by atoms with E-state index in [1.165, 1.54) is 0 Å². The fourth-order valence-corrected chi connectivity index (χ4v) is 1.47. The van der Waals surface area contributed by atoms with Crippen molar-refractivity contribution < 1.29 is 18.9 Å². The van der Waals surface area contributed by atoms with Crippen LogP contribution in [0.5, 0.6) is 0 Å². The minimum absolute atomic E-state index is 0.0648. The quantitative estimate of drug-likeness (QED) is 0.535. The number of fused-ring (bicyclic) bond motifs is 1. The van der Waals surface area contributed by atoms with Crippen molar-refractivity contribution in [1.29, 1.82) is 0 Å².